The highest BCUT2D eigenvalue weighted by molar-refractivity contribution is 7.87. The number of piperidine rings is 2. The minimum atomic E-state index is -3.81. The molecule has 4 atom stereocenters. The van der Waals surface area contributed by atoms with Gasteiger partial charge in [-0.2, -0.15) is 12.7 Å². The molecule has 2 amide bonds. The van der Waals surface area contributed by atoms with E-state index < -0.39 is 16.2 Å². The summed E-state index contributed by atoms with van der Waals surface area (Å²) >= 11 is 0. The van der Waals surface area contributed by atoms with E-state index in [1.54, 1.807) is 0 Å². The van der Waals surface area contributed by atoms with Gasteiger partial charge in [-0.1, -0.05) is 6.07 Å². The maximum absolute atomic E-state index is 12.7. The largest absolute Gasteiger partial charge is 0.333 e. The molecule has 1 aromatic carbocycles. The highest BCUT2D eigenvalue weighted by Crippen LogP contribution is 2.38. The summed E-state index contributed by atoms with van der Waals surface area (Å²) in [6.45, 7) is 3.33. The summed E-state index contributed by atoms with van der Waals surface area (Å²) in [7, 11) is 0.437. The second kappa shape index (κ2) is 8.99. The number of hydrogen-bond donors (Lipinski definition) is 3. The SMILES string of the molecule is CN1C2CC1CN(S(=O)(=O)NC(=O)Nc1c3c(cc4c1CCC4)CCC3)C2.CN1C2CNCC1C2. The zero-order valence-electron chi connectivity index (χ0n) is 20.8. The van der Waals surface area contributed by atoms with E-state index in [9.17, 15) is 13.2 Å². The van der Waals surface area contributed by atoms with Crippen molar-refractivity contribution in [1.29, 1.82) is 0 Å². The second-order valence-electron chi connectivity index (χ2n) is 11.2. The van der Waals surface area contributed by atoms with Crippen molar-refractivity contribution < 1.29 is 13.2 Å². The van der Waals surface area contributed by atoms with E-state index in [1.165, 1.54) is 46.1 Å². The average Bonchev–Trinajstić information content (AvgIpc) is 3.53. The van der Waals surface area contributed by atoms with Crippen molar-refractivity contribution in [3.63, 3.8) is 0 Å². The Kier molecular flexibility index (Phi) is 6.08. The number of fused-ring (bicyclic) bond motifs is 6. The lowest BCUT2D eigenvalue weighted by Gasteiger charge is -2.53. The monoisotopic (exact) mass is 502 g/mol. The first-order valence-electron chi connectivity index (χ1n) is 13.2. The van der Waals surface area contributed by atoms with Crippen molar-refractivity contribution in [3.8, 4) is 0 Å². The Labute approximate surface area is 208 Å². The van der Waals surface area contributed by atoms with Crippen LogP contribution in [-0.2, 0) is 35.9 Å². The second-order valence-corrected chi connectivity index (χ2v) is 12.9. The van der Waals surface area contributed by atoms with Gasteiger partial charge < -0.3 is 10.6 Å². The predicted molar refractivity (Wildman–Crippen MR) is 136 cm³/mol. The van der Waals surface area contributed by atoms with E-state index in [4.69, 9.17) is 0 Å². The summed E-state index contributed by atoms with van der Waals surface area (Å²) in [5.74, 6) is 0. The fourth-order valence-corrected chi connectivity index (χ4v) is 8.07. The van der Waals surface area contributed by atoms with Crippen LogP contribution in [0.15, 0.2) is 6.07 Å². The van der Waals surface area contributed by atoms with Gasteiger partial charge in [0, 0.05) is 56.0 Å². The number of nitrogens with zero attached hydrogens (tertiary/aromatic N) is 3. The summed E-state index contributed by atoms with van der Waals surface area (Å²) in [5.41, 5.74) is 5.89. The standard InChI is InChI=1S/C19H26N4O3S.C6H12N2/c1-22-14-9-15(22)11-23(10-14)27(25,26)21-19(24)20-18-16-6-2-4-12(16)8-13-5-3-7-17(13)18;1-8-5-2-6(8)4-7-3-5/h8,14-15H,2-7,9-11H2,1H3,(H2,20,21,24);5-7H,2-4H2,1H3. The third-order valence-electron chi connectivity index (χ3n) is 9.25. The molecule has 2 aliphatic carbocycles. The number of hydrogen-bond acceptors (Lipinski definition) is 6. The van der Waals surface area contributed by atoms with Crippen molar-refractivity contribution in [2.24, 2.45) is 0 Å². The maximum Gasteiger partial charge on any atom is 0.333 e. The Morgan fingerprint density at radius 1 is 0.886 bits per heavy atom. The number of likely N-dealkylation sites (N-methyl/N-ethyl adjacent to an activating group) is 2. The molecule has 192 valence electrons. The molecular weight excluding hydrogens is 464 g/mol. The fourth-order valence-electron chi connectivity index (χ4n) is 6.92. The van der Waals surface area contributed by atoms with Gasteiger partial charge >= 0.3 is 16.2 Å². The Bertz CT molecular complexity index is 1070. The number of benzene rings is 1. The number of nitrogens with one attached hydrogen (secondary N) is 3. The normalized spacial score (nSPS) is 31.4. The zero-order chi connectivity index (χ0) is 24.3. The Balaban J connectivity index is 0.000000240. The molecule has 6 fully saturated rings. The van der Waals surface area contributed by atoms with Gasteiger partial charge in [-0.3, -0.25) is 9.80 Å². The minimum Gasteiger partial charge on any atom is -0.314 e. The van der Waals surface area contributed by atoms with Crippen LogP contribution in [0.25, 0.3) is 0 Å². The van der Waals surface area contributed by atoms with Crippen LogP contribution in [0.2, 0.25) is 0 Å². The summed E-state index contributed by atoms with van der Waals surface area (Å²) in [5, 5.41) is 6.28. The molecular formula is C25H38N6O3S. The van der Waals surface area contributed by atoms with E-state index in [2.05, 4.69) is 38.3 Å². The van der Waals surface area contributed by atoms with Crippen LogP contribution in [0, 0.1) is 0 Å². The summed E-state index contributed by atoms with van der Waals surface area (Å²) in [6.07, 6.45) is 8.65. The number of aryl methyl sites for hydroxylation is 2. The summed E-state index contributed by atoms with van der Waals surface area (Å²) < 4.78 is 29.0. The molecule has 8 aliphatic rings. The van der Waals surface area contributed by atoms with Crippen molar-refractivity contribution in [2.75, 3.05) is 45.6 Å². The molecule has 6 aliphatic heterocycles. The molecule has 0 radical (unpaired) electrons. The number of carbonyl (C=O) groups excluding carboxylic acids is 1. The molecule has 35 heavy (non-hydrogen) atoms. The number of piperazine rings is 2. The first-order valence-corrected chi connectivity index (χ1v) is 14.6. The molecule has 4 bridgehead atoms. The topological polar surface area (TPSA) is 97.0 Å². The first-order chi connectivity index (χ1) is 16.8. The highest BCUT2D eigenvalue weighted by Gasteiger charge is 2.46. The number of urea groups is 1. The van der Waals surface area contributed by atoms with Crippen LogP contribution in [-0.4, -0.2) is 93.0 Å². The van der Waals surface area contributed by atoms with Gasteiger partial charge in [-0.05, 0) is 87.7 Å². The molecule has 0 spiro atoms. The predicted octanol–water partition coefficient (Wildman–Crippen LogP) is 1.08. The molecule has 3 N–H and O–H groups in total. The molecule has 9 nitrogen and oxygen atoms in total. The van der Waals surface area contributed by atoms with Gasteiger partial charge in [0.2, 0.25) is 0 Å². The molecule has 9 rings (SSSR count). The van der Waals surface area contributed by atoms with Crippen molar-refractivity contribution >= 4 is 21.9 Å². The third kappa shape index (κ3) is 4.27. The van der Waals surface area contributed by atoms with Crippen LogP contribution >= 0.6 is 0 Å². The smallest absolute Gasteiger partial charge is 0.314 e. The summed E-state index contributed by atoms with van der Waals surface area (Å²) in [4.78, 5) is 17.3. The molecule has 0 saturated carbocycles. The molecule has 10 heteroatoms. The Morgan fingerprint density at radius 3 is 1.91 bits per heavy atom. The fraction of sp³-hybridized carbons (Fsp3) is 0.720. The van der Waals surface area contributed by atoms with Gasteiger partial charge in [0.25, 0.3) is 0 Å². The number of carbonyl (C=O) groups is 1. The van der Waals surface area contributed by atoms with Crippen molar-refractivity contribution in [2.45, 2.75) is 75.5 Å². The quantitative estimate of drug-likeness (QED) is 0.573. The van der Waals surface area contributed by atoms with E-state index in [-0.39, 0.29) is 12.1 Å². The number of anilines is 1. The molecule has 6 saturated heterocycles. The van der Waals surface area contributed by atoms with Gasteiger partial charge in [-0.25, -0.2) is 9.52 Å². The van der Waals surface area contributed by atoms with Crippen LogP contribution in [0.1, 0.15) is 47.9 Å². The lowest BCUT2D eigenvalue weighted by Crippen LogP contribution is -2.69. The van der Waals surface area contributed by atoms with E-state index in [0.717, 1.165) is 62.7 Å². The number of rotatable bonds is 3. The first kappa shape index (κ1) is 23.7. The lowest BCUT2D eigenvalue weighted by atomic mass is 9.90. The molecule has 1 aromatic rings. The van der Waals surface area contributed by atoms with Crippen molar-refractivity contribution in [3.05, 3.63) is 28.3 Å². The Hall–Kier alpha value is -1.72. The maximum atomic E-state index is 12.7. The molecule has 0 aromatic heterocycles. The van der Waals surface area contributed by atoms with Crippen LogP contribution in [0.5, 0.6) is 0 Å². The molecule has 6 heterocycles. The van der Waals surface area contributed by atoms with Crippen molar-refractivity contribution in [1.82, 2.24) is 24.1 Å². The minimum absolute atomic E-state index is 0.268. The van der Waals surface area contributed by atoms with E-state index in [1.807, 2.05) is 7.05 Å². The van der Waals surface area contributed by atoms with Gasteiger partial charge in [-0.15, -0.1) is 0 Å². The van der Waals surface area contributed by atoms with Crippen LogP contribution in [0.3, 0.4) is 0 Å². The number of amides is 2. The van der Waals surface area contributed by atoms with E-state index >= 15 is 0 Å². The van der Waals surface area contributed by atoms with Gasteiger partial charge in [0.05, 0.1) is 0 Å². The van der Waals surface area contributed by atoms with Crippen LogP contribution < -0.4 is 15.4 Å². The van der Waals surface area contributed by atoms with Gasteiger partial charge in [0.15, 0.2) is 0 Å². The van der Waals surface area contributed by atoms with Gasteiger partial charge in [0.1, 0.15) is 0 Å². The summed E-state index contributed by atoms with van der Waals surface area (Å²) in [6, 6.07) is 3.92. The highest BCUT2D eigenvalue weighted by atomic mass is 32.2. The third-order valence-corrected chi connectivity index (χ3v) is 10.7. The average molecular weight is 503 g/mol. The van der Waals surface area contributed by atoms with E-state index in [0.29, 0.717) is 13.1 Å². The zero-order valence-corrected chi connectivity index (χ0v) is 21.7. The Morgan fingerprint density at radius 2 is 1.43 bits per heavy atom. The van der Waals surface area contributed by atoms with Crippen LogP contribution in [0.4, 0.5) is 10.5 Å². The lowest BCUT2D eigenvalue weighted by molar-refractivity contribution is -0.0213. The molecule has 4 unspecified atom stereocenters.